The molecule has 9 heteroatoms. The van der Waals surface area contributed by atoms with Crippen molar-refractivity contribution >= 4 is 59.2 Å². The van der Waals surface area contributed by atoms with E-state index < -0.39 is 24.8 Å². The number of hydrogen-bond acceptors (Lipinski definition) is 6. The van der Waals surface area contributed by atoms with Crippen LogP contribution in [-0.4, -0.2) is 60.9 Å². The molecule has 140 valence electrons. The van der Waals surface area contributed by atoms with Gasteiger partial charge in [0.25, 0.3) is 0 Å². The van der Waals surface area contributed by atoms with Crippen LogP contribution in [0.1, 0.15) is 33.1 Å². The molecule has 1 N–H and O–H groups in total. The number of ether oxygens (including phenoxy) is 3. The van der Waals surface area contributed by atoms with E-state index >= 15 is 0 Å². The maximum atomic E-state index is 11.6. The van der Waals surface area contributed by atoms with Crippen LogP contribution < -0.4 is 10.1 Å². The summed E-state index contributed by atoms with van der Waals surface area (Å²) in [6.45, 7) is 3.38. The number of amides is 1. The van der Waals surface area contributed by atoms with Crippen LogP contribution in [0, 0.1) is 5.92 Å². The zero-order valence-electron chi connectivity index (χ0n) is 14.2. The predicted octanol–water partition coefficient (Wildman–Crippen LogP) is 2.65. The number of carbonyl (C=O) groups is 3. The van der Waals surface area contributed by atoms with Crippen LogP contribution in [0.2, 0.25) is 5.02 Å². The summed E-state index contributed by atoms with van der Waals surface area (Å²) in [5, 5.41) is 3.00. The van der Waals surface area contributed by atoms with Gasteiger partial charge in [0.15, 0.2) is 0 Å². The SMILES string of the molecule is CCC(C)C(=O)OCOC(=O)NCCCC(=O)Oc1ccc(Cl)cc1.[NaH]. The van der Waals surface area contributed by atoms with Gasteiger partial charge in [0, 0.05) is 18.0 Å². The van der Waals surface area contributed by atoms with Crippen molar-refractivity contribution in [1.82, 2.24) is 5.32 Å². The van der Waals surface area contributed by atoms with Gasteiger partial charge < -0.3 is 19.5 Å². The van der Waals surface area contributed by atoms with Gasteiger partial charge in [-0.15, -0.1) is 0 Å². The number of halogens is 1. The molecular formula is C17H23ClNNaO6. The van der Waals surface area contributed by atoms with Gasteiger partial charge in [0.05, 0.1) is 5.92 Å². The molecule has 1 aromatic rings. The Labute approximate surface area is 180 Å². The maximum absolute atomic E-state index is 11.6. The fraction of sp³-hybridized carbons (Fsp3) is 0.471. The van der Waals surface area contributed by atoms with Crippen molar-refractivity contribution in [2.45, 2.75) is 33.1 Å². The Morgan fingerprint density at radius 3 is 2.42 bits per heavy atom. The Balaban J connectivity index is 0.00000625. The molecule has 0 heterocycles. The van der Waals surface area contributed by atoms with E-state index in [2.05, 4.69) is 5.32 Å². The van der Waals surface area contributed by atoms with E-state index in [0.717, 1.165) is 0 Å². The van der Waals surface area contributed by atoms with E-state index in [1.807, 2.05) is 6.92 Å². The van der Waals surface area contributed by atoms with Crippen LogP contribution in [-0.2, 0) is 19.1 Å². The van der Waals surface area contributed by atoms with Crippen LogP contribution in [0.25, 0.3) is 0 Å². The van der Waals surface area contributed by atoms with Gasteiger partial charge >= 0.3 is 47.6 Å². The molecular weight excluding hydrogens is 373 g/mol. The summed E-state index contributed by atoms with van der Waals surface area (Å²) in [5.74, 6) is -0.663. The molecule has 1 amide bonds. The first-order valence-electron chi connectivity index (χ1n) is 7.96. The van der Waals surface area contributed by atoms with Gasteiger partial charge in [-0.2, -0.15) is 0 Å². The summed E-state index contributed by atoms with van der Waals surface area (Å²) in [4.78, 5) is 34.4. The number of benzene rings is 1. The number of carbonyl (C=O) groups excluding carboxylic acids is 3. The number of nitrogens with one attached hydrogen (secondary N) is 1. The number of alkyl carbamates (subject to hydrolysis) is 1. The van der Waals surface area contributed by atoms with E-state index in [1.165, 1.54) is 0 Å². The van der Waals surface area contributed by atoms with Gasteiger partial charge in [-0.3, -0.25) is 9.59 Å². The molecule has 0 aliphatic carbocycles. The van der Waals surface area contributed by atoms with Crippen molar-refractivity contribution in [1.29, 1.82) is 0 Å². The molecule has 1 atom stereocenters. The van der Waals surface area contributed by atoms with Gasteiger partial charge in [0.1, 0.15) is 5.75 Å². The summed E-state index contributed by atoms with van der Waals surface area (Å²) >= 11 is 5.74. The fourth-order valence-electron chi connectivity index (χ4n) is 1.61. The molecule has 0 fully saturated rings. The first kappa shape index (κ1) is 24.7. The van der Waals surface area contributed by atoms with Crippen molar-refractivity contribution < 1.29 is 28.6 Å². The topological polar surface area (TPSA) is 90.9 Å². The van der Waals surface area contributed by atoms with Crippen molar-refractivity contribution in [2.75, 3.05) is 13.3 Å². The second-order valence-corrected chi connectivity index (χ2v) is 5.72. The fourth-order valence-corrected chi connectivity index (χ4v) is 1.74. The first-order valence-corrected chi connectivity index (χ1v) is 8.33. The third-order valence-corrected chi connectivity index (χ3v) is 3.53. The van der Waals surface area contributed by atoms with Crippen LogP contribution in [0.15, 0.2) is 24.3 Å². The van der Waals surface area contributed by atoms with E-state index in [1.54, 1.807) is 31.2 Å². The predicted molar refractivity (Wildman–Crippen MR) is 98.4 cm³/mol. The molecule has 0 aromatic heterocycles. The third-order valence-electron chi connectivity index (χ3n) is 3.28. The van der Waals surface area contributed by atoms with Crippen molar-refractivity contribution in [3.05, 3.63) is 29.3 Å². The van der Waals surface area contributed by atoms with Crippen molar-refractivity contribution in [3.63, 3.8) is 0 Å². The Morgan fingerprint density at radius 2 is 1.81 bits per heavy atom. The van der Waals surface area contributed by atoms with Crippen LogP contribution in [0.5, 0.6) is 5.75 Å². The average molecular weight is 396 g/mol. The number of rotatable bonds is 9. The molecule has 0 spiro atoms. The normalized spacial score (nSPS) is 10.9. The molecule has 0 radical (unpaired) electrons. The van der Waals surface area contributed by atoms with Gasteiger partial charge in [-0.1, -0.05) is 25.4 Å². The standard InChI is InChI=1S/C17H22ClNO6.Na.H/c1-3-12(2)16(21)23-11-24-17(22)19-10-4-5-15(20)25-14-8-6-13(18)7-9-14;;/h6-9,12H,3-5,10-11H2,1-2H3,(H,19,22);;. The summed E-state index contributed by atoms with van der Waals surface area (Å²) in [6, 6.07) is 6.43. The summed E-state index contributed by atoms with van der Waals surface area (Å²) in [7, 11) is 0. The minimum absolute atomic E-state index is 0. The van der Waals surface area contributed by atoms with E-state index in [9.17, 15) is 14.4 Å². The summed E-state index contributed by atoms with van der Waals surface area (Å²) in [5.41, 5.74) is 0. The second-order valence-electron chi connectivity index (χ2n) is 5.28. The quantitative estimate of drug-likeness (QED) is 0.227. The molecule has 0 saturated heterocycles. The van der Waals surface area contributed by atoms with E-state index in [4.69, 9.17) is 25.8 Å². The zero-order valence-corrected chi connectivity index (χ0v) is 15.0. The molecule has 0 aliphatic rings. The van der Waals surface area contributed by atoms with E-state index in [0.29, 0.717) is 23.6 Å². The average Bonchev–Trinajstić information content (AvgIpc) is 2.60. The van der Waals surface area contributed by atoms with Gasteiger partial charge in [-0.05, 0) is 37.1 Å². The first-order chi connectivity index (χ1) is 11.9. The Morgan fingerprint density at radius 1 is 1.15 bits per heavy atom. The molecule has 1 rings (SSSR count). The summed E-state index contributed by atoms with van der Waals surface area (Å²) in [6.07, 6.45) is 0.444. The third kappa shape index (κ3) is 10.7. The number of esters is 2. The zero-order chi connectivity index (χ0) is 18.7. The molecule has 0 saturated carbocycles. The molecule has 1 unspecified atom stereocenters. The van der Waals surface area contributed by atoms with Crippen LogP contribution >= 0.6 is 11.6 Å². The van der Waals surface area contributed by atoms with Crippen molar-refractivity contribution in [3.8, 4) is 5.75 Å². The Kier molecular flexibility index (Phi) is 13.2. The van der Waals surface area contributed by atoms with E-state index in [-0.39, 0.29) is 48.4 Å². The second kappa shape index (κ2) is 13.9. The Hall–Kier alpha value is -1.28. The molecule has 26 heavy (non-hydrogen) atoms. The van der Waals surface area contributed by atoms with Crippen molar-refractivity contribution in [2.24, 2.45) is 5.92 Å². The molecule has 1 aromatic carbocycles. The summed E-state index contributed by atoms with van der Waals surface area (Å²) < 4.78 is 14.6. The molecule has 0 aliphatic heterocycles. The van der Waals surface area contributed by atoms with Crippen LogP contribution in [0.3, 0.4) is 0 Å². The number of hydrogen-bond donors (Lipinski definition) is 1. The monoisotopic (exact) mass is 395 g/mol. The minimum atomic E-state index is -0.719. The molecule has 7 nitrogen and oxygen atoms in total. The Bertz CT molecular complexity index is 581. The van der Waals surface area contributed by atoms with Crippen LogP contribution in [0.4, 0.5) is 4.79 Å². The van der Waals surface area contributed by atoms with Gasteiger partial charge in [-0.25, -0.2) is 4.79 Å². The molecule has 0 bridgehead atoms. The van der Waals surface area contributed by atoms with Gasteiger partial charge in [0.2, 0.25) is 6.79 Å².